The number of benzene rings is 1. The van der Waals surface area contributed by atoms with Crippen molar-refractivity contribution in [3.8, 4) is 0 Å². The predicted octanol–water partition coefficient (Wildman–Crippen LogP) is 6.60. The Kier molecular flexibility index (Phi) is 9.24. The van der Waals surface area contributed by atoms with Gasteiger partial charge in [-0.05, 0) is 70.1 Å². The highest BCUT2D eigenvalue weighted by Gasteiger charge is 2.14. The summed E-state index contributed by atoms with van der Waals surface area (Å²) in [5.74, 6) is 0. The average molecular weight is 292 g/mol. The van der Waals surface area contributed by atoms with Crippen LogP contribution in [0.3, 0.4) is 0 Å². The molecule has 0 unspecified atom stereocenters. The van der Waals surface area contributed by atoms with Crippen LogP contribution in [-0.2, 0) is 12.8 Å². The summed E-state index contributed by atoms with van der Waals surface area (Å²) in [4.78, 5) is 0. The third-order valence-corrected chi connectivity index (χ3v) is 3.77. The van der Waals surface area contributed by atoms with Crippen molar-refractivity contribution in [2.24, 2.45) is 0 Å². The highest BCUT2D eigenvalue weighted by atomic mass is 19.1. The molecule has 0 aliphatic heterocycles. The molecule has 0 aromatic heterocycles. The van der Waals surface area contributed by atoms with Crippen LogP contribution in [0.4, 0.5) is 4.39 Å². The SMILES string of the molecule is C=C(C)C(C)(C)F.CC.Cc1ccc2c(c1)CCCCC2. The molecule has 0 nitrogen and oxygen atoms in total. The zero-order valence-corrected chi connectivity index (χ0v) is 14.9. The minimum atomic E-state index is -1.19. The van der Waals surface area contributed by atoms with Gasteiger partial charge in [-0.2, -0.15) is 0 Å². The van der Waals surface area contributed by atoms with Crippen molar-refractivity contribution in [1.82, 2.24) is 0 Å². The second-order valence-corrected chi connectivity index (χ2v) is 6.09. The fourth-order valence-electron chi connectivity index (χ4n) is 2.04. The number of fused-ring (bicyclic) bond motifs is 1. The van der Waals surface area contributed by atoms with Gasteiger partial charge in [-0.15, -0.1) is 0 Å². The molecule has 0 saturated carbocycles. The monoisotopic (exact) mass is 292 g/mol. The maximum absolute atomic E-state index is 12.4. The molecular weight excluding hydrogens is 259 g/mol. The summed E-state index contributed by atoms with van der Waals surface area (Å²) in [5.41, 5.74) is 3.99. The molecule has 1 aromatic carbocycles. The van der Waals surface area contributed by atoms with E-state index >= 15 is 0 Å². The van der Waals surface area contributed by atoms with Crippen molar-refractivity contribution in [2.75, 3.05) is 0 Å². The van der Waals surface area contributed by atoms with E-state index in [4.69, 9.17) is 0 Å². The molecule has 1 heteroatoms. The van der Waals surface area contributed by atoms with E-state index in [0.29, 0.717) is 5.57 Å². The molecule has 0 amide bonds. The first kappa shape index (κ1) is 19.9. The fraction of sp³-hybridized carbons (Fsp3) is 0.600. The first-order valence-electron chi connectivity index (χ1n) is 8.24. The first-order chi connectivity index (χ1) is 9.80. The van der Waals surface area contributed by atoms with Gasteiger partial charge >= 0.3 is 0 Å². The minimum Gasteiger partial charge on any atom is -0.240 e. The predicted molar refractivity (Wildman–Crippen MR) is 93.8 cm³/mol. The van der Waals surface area contributed by atoms with Crippen molar-refractivity contribution in [2.45, 2.75) is 79.3 Å². The Labute approximate surface area is 131 Å². The van der Waals surface area contributed by atoms with E-state index in [0.717, 1.165) is 0 Å². The van der Waals surface area contributed by atoms with Gasteiger partial charge in [-0.3, -0.25) is 0 Å². The van der Waals surface area contributed by atoms with Gasteiger partial charge in [0.25, 0.3) is 0 Å². The van der Waals surface area contributed by atoms with Crippen molar-refractivity contribution in [3.63, 3.8) is 0 Å². The number of aryl methyl sites for hydroxylation is 3. The Morgan fingerprint density at radius 3 is 2.00 bits per heavy atom. The molecule has 2 rings (SSSR count). The summed E-state index contributed by atoms with van der Waals surface area (Å²) in [6.45, 7) is 14.3. The van der Waals surface area contributed by atoms with Gasteiger partial charge in [-0.1, -0.05) is 50.6 Å². The molecule has 0 spiro atoms. The number of alkyl halides is 1. The lowest BCUT2D eigenvalue weighted by Gasteiger charge is -2.11. The zero-order chi connectivity index (χ0) is 16.5. The molecule has 0 radical (unpaired) electrons. The number of hydrogen-bond acceptors (Lipinski definition) is 0. The summed E-state index contributed by atoms with van der Waals surface area (Å²) in [5, 5.41) is 0. The number of allylic oxidation sites excluding steroid dienone is 1. The van der Waals surface area contributed by atoms with Crippen LogP contribution in [0, 0.1) is 6.92 Å². The van der Waals surface area contributed by atoms with Crippen LogP contribution in [0.5, 0.6) is 0 Å². The number of rotatable bonds is 1. The van der Waals surface area contributed by atoms with Gasteiger partial charge in [0.05, 0.1) is 0 Å². The van der Waals surface area contributed by atoms with Crippen molar-refractivity contribution in [3.05, 3.63) is 47.0 Å². The lowest BCUT2D eigenvalue weighted by molar-refractivity contribution is 0.269. The minimum absolute atomic E-state index is 0.576. The molecule has 1 aliphatic carbocycles. The van der Waals surface area contributed by atoms with E-state index in [2.05, 4.69) is 31.7 Å². The van der Waals surface area contributed by atoms with Gasteiger partial charge < -0.3 is 0 Å². The summed E-state index contributed by atoms with van der Waals surface area (Å²) in [7, 11) is 0. The van der Waals surface area contributed by atoms with Crippen molar-refractivity contribution in [1.29, 1.82) is 0 Å². The molecule has 0 heterocycles. The van der Waals surface area contributed by atoms with E-state index in [1.165, 1.54) is 51.5 Å². The van der Waals surface area contributed by atoms with E-state index in [1.807, 2.05) is 13.8 Å². The number of halogens is 1. The Balaban J connectivity index is 0.000000385. The molecular formula is C20H33F. The standard InChI is InChI=1S/C12H16.C6H11F.C2H6/c1-10-7-8-11-5-3-2-4-6-12(11)9-10;1-5(2)6(3,4)7;1-2/h7-9H,2-6H2,1H3;1H2,2-4H3;1-2H3. The molecule has 1 aliphatic rings. The van der Waals surface area contributed by atoms with Gasteiger partial charge in [0.1, 0.15) is 5.67 Å². The summed E-state index contributed by atoms with van der Waals surface area (Å²) < 4.78 is 12.4. The molecule has 0 N–H and O–H groups in total. The molecule has 0 saturated heterocycles. The highest BCUT2D eigenvalue weighted by Crippen LogP contribution is 2.21. The van der Waals surface area contributed by atoms with Crippen LogP contribution in [0.15, 0.2) is 30.4 Å². The van der Waals surface area contributed by atoms with E-state index in [9.17, 15) is 4.39 Å². The van der Waals surface area contributed by atoms with Crippen LogP contribution in [0.25, 0.3) is 0 Å². The first-order valence-corrected chi connectivity index (χ1v) is 8.24. The van der Waals surface area contributed by atoms with Crippen LogP contribution in [-0.4, -0.2) is 5.67 Å². The van der Waals surface area contributed by atoms with Crippen LogP contribution in [0.1, 0.15) is 70.6 Å². The van der Waals surface area contributed by atoms with Crippen molar-refractivity contribution >= 4 is 0 Å². The Bertz CT molecular complexity index is 424. The molecule has 1 aromatic rings. The molecule has 0 bridgehead atoms. The normalized spacial score (nSPS) is 13.7. The summed E-state index contributed by atoms with van der Waals surface area (Å²) in [6, 6.07) is 6.92. The van der Waals surface area contributed by atoms with Gasteiger partial charge in [-0.25, -0.2) is 4.39 Å². The third-order valence-electron chi connectivity index (χ3n) is 3.77. The Morgan fingerprint density at radius 1 is 1.05 bits per heavy atom. The maximum atomic E-state index is 12.4. The van der Waals surface area contributed by atoms with Gasteiger partial charge in [0.2, 0.25) is 0 Å². The molecule has 0 atom stereocenters. The lowest BCUT2D eigenvalue weighted by Crippen LogP contribution is -2.11. The quantitative estimate of drug-likeness (QED) is 0.404. The summed E-state index contributed by atoms with van der Waals surface area (Å²) >= 11 is 0. The van der Waals surface area contributed by atoms with Crippen molar-refractivity contribution < 1.29 is 4.39 Å². The van der Waals surface area contributed by atoms with Crippen LogP contribution >= 0.6 is 0 Å². The lowest BCUT2D eigenvalue weighted by atomic mass is 10.0. The Hall–Kier alpha value is -1.11. The molecule has 21 heavy (non-hydrogen) atoms. The maximum Gasteiger partial charge on any atom is 0.125 e. The Morgan fingerprint density at radius 2 is 1.52 bits per heavy atom. The third kappa shape index (κ3) is 8.04. The van der Waals surface area contributed by atoms with Gasteiger partial charge in [0.15, 0.2) is 0 Å². The van der Waals surface area contributed by atoms with E-state index in [1.54, 1.807) is 18.1 Å². The number of hydrogen-bond donors (Lipinski definition) is 0. The topological polar surface area (TPSA) is 0 Å². The molecule has 0 fully saturated rings. The largest absolute Gasteiger partial charge is 0.240 e. The van der Waals surface area contributed by atoms with E-state index < -0.39 is 5.67 Å². The highest BCUT2D eigenvalue weighted by molar-refractivity contribution is 5.32. The molecule has 120 valence electrons. The second-order valence-electron chi connectivity index (χ2n) is 6.09. The average Bonchev–Trinajstić information content (AvgIpc) is 2.65. The van der Waals surface area contributed by atoms with Gasteiger partial charge in [0, 0.05) is 0 Å². The van der Waals surface area contributed by atoms with E-state index in [-0.39, 0.29) is 0 Å². The van der Waals surface area contributed by atoms with Crippen LogP contribution in [0.2, 0.25) is 0 Å². The van der Waals surface area contributed by atoms with Crippen LogP contribution < -0.4 is 0 Å². The zero-order valence-electron chi connectivity index (χ0n) is 14.9. The second kappa shape index (κ2) is 9.76. The fourth-order valence-corrected chi connectivity index (χ4v) is 2.04. The summed E-state index contributed by atoms with van der Waals surface area (Å²) in [6.07, 6.45) is 6.78. The smallest absolute Gasteiger partial charge is 0.125 e.